The third kappa shape index (κ3) is 4.03. The summed E-state index contributed by atoms with van der Waals surface area (Å²) in [4.78, 5) is 2.37. The molecular weight excluding hydrogens is 629 g/mol. The van der Waals surface area contributed by atoms with Crippen LogP contribution in [-0.2, 0) is 0 Å². The molecule has 11 rings (SSSR count). The number of rotatable bonds is 4. The van der Waals surface area contributed by atoms with E-state index < -0.39 is 0 Å². The van der Waals surface area contributed by atoms with Gasteiger partial charge in [-0.25, -0.2) is 0 Å². The minimum absolute atomic E-state index is 0.873. The number of para-hydroxylation sites is 4. The van der Waals surface area contributed by atoms with Gasteiger partial charge in [-0.15, -0.1) is 11.3 Å². The lowest BCUT2D eigenvalue weighted by Crippen LogP contribution is -2.10. The van der Waals surface area contributed by atoms with E-state index >= 15 is 0 Å². The van der Waals surface area contributed by atoms with E-state index in [2.05, 4.69) is 173 Å². The van der Waals surface area contributed by atoms with E-state index in [1.165, 1.54) is 47.2 Å². The molecule has 3 nitrogen and oxygen atoms in total. The Morgan fingerprint density at radius 3 is 2.08 bits per heavy atom. The van der Waals surface area contributed by atoms with Crippen LogP contribution in [0.3, 0.4) is 0 Å². The van der Waals surface area contributed by atoms with Gasteiger partial charge in [0.15, 0.2) is 5.58 Å². The van der Waals surface area contributed by atoms with Gasteiger partial charge in [0.05, 0.1) is 16.7 Å². The summed E-state index contributed by atoms with van der Waals surface area (Å²) in [6.45, 7) is 0. The molecule has 0 spiro atoms. The molecule has 4 heteroatoms. The molecule has 11 aromatic rings. The van der Waals surface area contributed by atoms with Gasteiger partial charge in [0, 0.05) is 58.8 Å². The second-order valence-electron chi connectivity index (χ2n) is 13.0. The molecule has 0 aliphatic heterocycles. The van der Waals surface area contributed by atoms with E-state index in [-0.39, 0.29) is 0 Å². The zero-order chi connectivity index (χ0) is 32.8. The second kappa shape index (κ2) is 10.6. The number of anilines is 3. The summed E-state index contributed by atoms with van der Waals surface area (Å²) in [5, 5.41) is 9.76. The largest absolute Gasteiger partial charge is 0.454 e. The van der Waals surface area contributed by atoms with Gasteiger partial charge in [0.25, 0.3) is 0 Å². The van der Waals surface area contributed by atoms with E-state index in [1.807, 2.05) is 17.4 Å². The van der Waals surface area contributed by atoms with Crippen LogP contribution in [0.25, 0.3) is 80.4 Å². The molecule has 234 valence electrons. The predicted molar refractivity (Wildman–Crippen MR) is 213 cm³/mol. The molecule has 0 radical (unpaired) electrons. The normalized spacial score (nSPS) is 12.0. The van der Waals surface area contributed by atoms with Crippen LogP contribution in [-0.4, -0.2) is 4.57 Å². The molecule has 0 saturated heterocycles. The van der Waals surface area contributed by atoms with Crippen molar-refractivity contribution in [2.45, 2.75) is 0 Å². The van der Waals surface area contributed by atoms with Crippen molar-refractivity contribution >= 4 is 103 Å². The molecule has 0 aliphatic carbocycles. The highest BCUT2D eigenvalue weighted by Gasteiger charge is 2.22. The predicted octanol–water partition coefficient (Wildman–Crippen LogP) is 13.7. The highest BCUT2D eigenvalue weighted by atomic mass is 32.1. The summed E-state index contributed by atoms with van der Waals surface area (Å²) in [6.07, 6.45) is 0. The average molecular weight is 657 g/mol. The van der Waals surface area contributed by atoms with Gasteiger partial charge >= 0.3 is 0 Å². The van der Waals surface area contributed by atoms with Crippen LogP contribution in [0.2, 0.25) is 0 Å². The Balaban J connectivity index is 1.20. The summed E-state index contributed by atoms with van der Waals surface area (Å²) in [7, 11) is 0. The molecule has 0 fully saturated rings. The van der Waals surface area contributed by atoms with Gasteiger partial charge in [0.2, 0.25) is 0 Å². The van der Waals surface area contributed by atoms with E-state index in [9.17, 15) is 0 Å². The Labute approximate surface area is 291 Å². The Morgan fingerprint density at radius 2 is 1.16 bits per heavy atom. The fourth-order valence-corrected chi connectivity index (χ4v) is 9.02. The number of furan rings is 1. The van der Waals surface area contributed by atoms with Crippen LogP contribution in [0.15, 0.2) is 174 Å². The van der Waals surface area contributed by atoms with Gasteiger partial charge in [-0.1, -0.05) is 97.1 Å². The SMILES string of the molecule is c1ccc(-n2c3ccccc3c3ccc(N(c4ccc5cc6c(cc5c4)sc4ccccc46)c4cccc5c4oc4ccccc45)cc32)cc1. The maximum Gasteiger partial charge on any atom is 0.159 e. The second-order valence-corrected chi connectivity index (χ2v) is 14.0. The van der Waals surface area contributed by atoms with Crippen LogP contribution >= 0.6 is 11.3 Å². The van der Waals surface area contributed by atoms with Gasteiger partial charge in [0.1, 0.15) is 5.58 Å². The highest BCUT2D eigenvalue weighted by molar-refractivity contribution is 7.25. The van der Waals surface area contributed by atoms with Gasteiger partial charge < -0.3 is 13.9 Å². The third-order valence-electron chi connectivity index (χ3n) is 10.1. The first-order chi connectivity index (χ1) is 24.8. The number of fused-ring (bicyclic) bond motifs is 10. The molecule has 50 heavy (non-hydrogen) atoms. The van der Waals surface area contributed by atoms with Crippen LogP contribution in [0.1, 0.15) is 0 Å². The highest BCUT2D eigenvalue weighted by Crippen LogP contribution is 2.45. The number of nitrogens with zero attached hydrogens (tertiary/aromatic N) is 2. The molecular formula is C46H28N2OS. The lowest BCUT2D eigenvalue weighted by Gasteiger charge is -2.26. The summed E-state index contributed by atoms with van der Waals surface area (Å²) in [5.41, 5.74) is 8.39. The number of thiophene rings is 1. The minimum atomic E-state index is 0.873. The van der Waals surface area contributed by atoms with E-state index in [0.29, 0.717) is 0 Å². The molecule has 0 bridgehead atoms. The Hall–Kier alpha value is -6.36. The molecule has 0 aliphatic rings. The molecule has 0 unspecified atom stereocenters. The van der Waals surface area contributed by atoms with E-state index in [1.54, 1.807) is 0 Å². The topological polar surface area (TPSA) is 21.3 Å². The minimum Gasteiger partial charge on any atom is -0.454 e. The van der Waals surface area contributed by atoms with Crippen molar-refractivity contribution in [3.05, 3.63) is 170 Å². The fourth-order valence-electron chi connectivity index (χ4n) is 7.88. The summed E-state index contributed by atoms with van der Waals surface area (Å²) in [5.74, 6) is 0. The van der Waals surface area contributed by atoms with Crippen LogP contribution < -0.4 is 4.90 Å². The first-order valence-electron chi connectivity index (χ1n) is 16.9. The van der Waals surface area contributed by atoms with Crippen LogP contribution in [0.5, 0.6) is 0 Å². The van der Waals surface area contributed by atoms with Gasteiger partial charge in [-0.2, -0.15) is 0 Å². The van der Waals surface area contributed by atoms with Gasteiger partial charge in [-0.3, -0.25) is 0 Å². The quantitative estimate of drug-likeness (QED) is 0.188. The lowest BCUT2D eigenvalue weighted by molar-refractivity contribution is 0.669. The first-order valence-corrected chi connectivity index (χ1v) is 17.7. The van der Waals surface area contributed by atoms with Crippen molar-refractivity contribution in [3.63, 3.8) is 0 Å². The average Bonchev–Trinajstić information content (AvgIpc) is 3.84. The van der Waals surface area contributed by atoms with Crippen molar-refractivity contribution in [3.8, 4) is 5.69 Å². The molecule has 0 amide bonds. The Bertz CT molecular complexity index is 3110. The van der Waals surface area contributed by atoms with E-state index in [0.717, 1.165) is 50.2 Å². The molecule has 3 aromatic heterocycles. The smallest absolute Gasteiger partial charge is 0.159 e. The van der Waals surface area contributed by atoms with Crippen molar-refractivity contribution in [2.24, 2.45) is 0 Å². The lowest BCUT2D eigenvalue weighted by atomic mass is 10.0. The monoisotopic (exact) mass is 656 g/mol. The van der Waals surface area contributed by atoms with Gasteiger partial charge in [-0.05, 0) is 83.6 Å². The molecule has 0 N–H and O–H groups in total. The zero-order valence-electron chi connectivity index (χ0n) is 26.9. The molecule has 0 saturated carbocycles. The standard InChI is InChI=1S/C46H28N2OS/c1-2-11-31(12-3-1)48-40-17-7-4-13-34(40)35-24-23-33(28-42(35)48)47(41-18-10-16-38-36-14-5-8-19-43(36)49-46(38)41)32-22-21-29-26-39-37-15-6-9-20-44(37)50-45(39)27-30(29)25-32/h1-28H. The van der Waals surface area contributed by atoms with Crippen LogP contribution in [0.4, 0.5) is 17.1 Å². The third-order valence-corrected chi connectivity index (χ3v) is 11.3. The number of hydrogen-bond donors (Lipinski definition) is 0. The fraction of sp³-hybridized carbons (Fsp3) is 0. The molecule has 3 heterocycles. The van der Waals surface area contributed by atoms with Crippen molar-refractivity contribution in [1.82, 2.24) is 4.57 Å². The molecule has 8 aromatic carbocycles. The maximum atomic E-state index is 6.67. The Kier molecular flexibility index (Phi) is 5.83. The number of aromatic nitrogens is 1. The number of hydrogen-bond acceptors (Lipinski definition) is 3. The first kappa shape index (κ1) is 27.6. The number of benzene rings is 8. The van der Waals surface area contributed by atoms with Crippen LogP contribution in [0, 0.1) is 0 Å². The molecule has 0 atom stereocenters. The zero-order valence-corrected chi connectivity index (χ0v) is 27.7. The van der Waals surface area contributed by atoms with Crippen molar-refractivity contribution < 1.29 is 4.42 Å². The van der Waals surface area contributed by atoms with E-state index in [4.69, 9.17) is 4.42 Å². The summed E-state index contributed by atoms with van der Waals surface area (Å²) >= 11 is 1.86. The van der Waals surface area contributed by atoms with Crippen molar-refractivity contribution in [2.75, 3.05) is 4.90 Å². The summed E-state index contributed by atoms with van der Waals surface area (Å²) < 4.78 is 11.7. The van der Waals surface area contributed by atoms with Crippen molar-refractivity contribution in [1.29, 1.82) is 0 Å². The Morgan fingerprint density at radius 1 is 0.440 bits per heavy atom. The summed E-state index contributed by atoms with van der Waals surface area (Å²) in [6, 6.07) is 61.3. The maximum absolute atomic E-state index is 6.67.